The number of aryl methyl sites for hydroxylation is 1. The van der Waals surface area contributed by atoms with Crippen molar-refractivity contribution in [3.8, 4) is 11.5 Å². The van der Waals surface area contributed by atoms with E-state index in [4.69, 9.17) is 21.1 Å². The van der Waals surface area contributed by atoms with Crippen LogP contribution in [0.5, 0.6) is 11.5 Å². The molecule has 2 N–H and O–H groups in total. The summed E-state index contributed by atoms with van der Waals surface area (Å²) in [6.07, 6.45) is -0.372. The summed E-state index contributed by atoms with van der Waals surface area (Å²) in [5.41, 5.74) is 2.22. The monoisotopic (exact) mass is 363 g/mol. The highest BCUT2D eigenvalue weighted by molar-refractivity contribution is 6.31. The van der Waals surface area contributed by atoms with Crippen molar-refractivity contribution in [3.05, 3.63) is 52.5 Å². The molecule has 0 saturated carbocycles. The molecule has 0 spiro atoms. The van der Waals surface area contributed by atoms with E-state index in [0.717, 1.165) is 5.56 Å². The molecule has 1 amide bonds. The second-order valence-corrected chi connectivity index (χ2v) is 6.11. The predicted octanol–water partition coefficient (Wildman–Crippen LogP) is 4.12. The zero-order chi connectivity index (χ0) is 18.4. The topological polar surface area (TPSA) is 67.8 Å². The Morgan fingerprint density at radius 2 is 1.96 bits per heavy atom. The Morgan fingerprint density at radius 3 is 2.64 bits per heavy atom. The Hall–Kier alpha value is -2.24. The normalized spacial score (nSPS) is 11.7. The average molecular weight is 364 g/mol. The van der Waals surface area contributed by atoms with Crippen molar-refractivity contribution in [1.29, 1.82) is 0 Å². The number of amides is 1. The summed E-state index contributed by atoms with van der Waals surface area (Å²) in [7, 11) is 3.09. The highest BCUT2D eigenvalue weighted by atomic mass is 35.5. The van der Waals surface area contributed by atoms with Crippen LogP contribution in [0.3, 0.4) is 0 Å². The molecule has 2 rings (SSSR count). The van der Waals surface area contributed by atoms with Gasteiger partial charge in [0.15, 0.2) is 0 Å². The number of hydrogen-bond donors (Lipinski definition) is 2. The lowest BCUT2D eigenvalue weighted by atomic mass is 10.0. The zero-order valence-corrected chi connectivity index (χ0v) is 15.3. The maximum Gasteiger partial charge on any atom is 0.224 e. The minimum absolute atomic E-state index is 0.169. The molecule has 25 heavy (non-hydrogen) atoms. The molecule has 0 radical (unpaired) electrons. The fourth-order valence-corrected chi connectivity index (χ4v) is 2.63. The maximum absolute atomic E-state index is 12.2. The number of aliphatic hydroxyl groups is 1. The van der Waals surface area contributed by atoms with Gasteiger partial charge in [0.1, 0.15) is 11.5 Å². The minimum Gasteiger partial charge on any atom is -0.497 e. The van der Waals surface area contributed by atoms with E-state index >= 15 is 0 Å². The van der Waals surface area contributed by atoms with Crippen molar-refractivity contribution < 1.29 is 19.4 Å². The van der Waals surface area contributed by atoms with Gasteiger partial charge in [-0.1, -0.05) is 17.7 Å². The summed E-state index contributed by atoms with van der Waals surface area (Å²) in [5.74, 6) is 0.983. The SMILES string of the molecule is COc1ccc(C(O)CCC(=O)Nc2cc(Cl)ccc2C)c(OC)c1. The molecule has 1 unspecified atom stereocenters. The van der Waals surface area contributed by atoms with E-state index < -0.39 is 6.10 Å². The molecule has 0 aliphatic rings. The smallest absolute Gasteiger partial charge is 0.224 e. The standard InChI is InChI=1S/C19H22ClNO4/c1-12-4-5-13(20)10-16(12)21-19(23)9-8-17(22)15-7-6-14(24-2)11-18(15)25-3/h4-7,10-11,17,22H,8-9H2,1-3H3,(H,21,23). The van der Waals surface area contributed by atoms with E-state index in [1.807, 2.05) is 13.0 Å². The van der Waals surface area contributed by atoms with Gasteiger partial charge in [-0.3, -0.25) is 4.79 Å². The van der Waals surface area contributed by atoms with Crippen LogP contribution in [0.1, 0.15) is 30.1 Å². The fourth-order valence-electron chi connectivity index (χ4n) is 2.46. The first-order valence-corrected chi connectivity index (χ1v) is 8.28. The summed E-state index contributed by atoms with van der Waals surface area (Å²) >= 11 is 5.95. The molecule has 0 bridgehead atoms. The Balaban J connectivity index is 1.98. The molecule has 0 aromatic heterocycles. The van der Waals surface area contributed by atoms with Crippen LogP contribution < -0.4 is 14.8 Å². The lowest BCUT2D eigenvalue weighted by molar-refractivity contribution is -0.116. The molecule has 2 aromatic rings. The van der Waals surface area contributed by atoms with Crippen LogP contribution >= 0.6 is 11.6 Å². The van der Waals surface area contributed by atoms with E-state index in [1.165, 1.54) is 7.11 Å². The van der Waals surface area contributed by atoms with Gasteiger partial charge in [-0.05, 0) is 43.2 Å². The minimum atomic E-state index is -0.813. The van der Waals surface area contributed by atoms with Gasteiger partial charge in [-0.2, -0.15) is 0 Å². The zero-order valence-electron chi connectivity index (χ0n) is 14.5. The van der Waals surface area contributed by atoms with Gasteiger partial charge in [-0.15, -0.1) is 0 Å². The Bertz CT molecular complexity index is 748. The Labute approximate surface area is 152 Å². The Morgan fingerprint density at radius 1 is 1.20 bits per heavy atom. The van der Waals surface area contributed by atoms with E-state index in [2.05, 4.69) is 5.32 Å². The fraction of sp³-hybridized carbons (Fsp3) is 0.316. The number of hydrogen-bond acceptors (Lipinski definition) is 4. The van der Waals surface area contributed by atoms with E-state index in [0.29, 0.717) is 27.8 Å². The van der Waals surface area contributed by atoms with Crippen LogP contribution in [0.4, 0.5) is 5.69 Å². The van der Waals surface area contributed by atoms with Gasteiger partial charge in [0, 0.05) is 28.8 Å². The number of benzene rings is 2. The van der Waals surface area contributed by atoms with Crippen molar-refractivity contribution in [3.63, 3.8) is 0 Å². The molecule has 134 valence electrons. The number of methoxy groups -OCH3 is 2. The average Bonchev–Trinajstić information content (AvgIpc) is 2.62. The van der Waals surface area contributed by atoms with Crippen LogP contribution in [-0.2, 0) is 4.79 Å². The van der Waals surface area contributed by atoms with Crippen molar-refractivity contribution in [2.24, 2.45) is 0 Å². The first-order valence-electron chi connectivity index (χ1n) is 7.90. The molecule has 0 fully saturated rings. The largest absolute Gasteiger partial charge is 0.497 e. The summed E-state index contributed by atoms with van der Waals surface area (Å²) in [6.45, 7) is 1.89. The molecule has 2 aromatic carbocycles. The molecule has 5 nitrogen and oxygen atoms in total. The lowest BCUT2D eigenvalue weighted by Gasteiger charge is -2.16. The second-order valence-electron chi connectivity index (χ2n) is 5.67. The van der Waals surface area contributed by atoms with E-state index in [9.17, 15) is 9.90 Å². The van der Waals surface area contributed by atoms with Gasteiger partial charge >= 0.3 is 0 Å². The Kier molecular flexibility index (Phi) is 6.67. The highest BCUT2D eigenvalue weighted by Crippen LogP contribution is 2.31. The molecule has 0 heterocycles. The van der Waals surface area contributed by atoms with E-state index in [-0.39, 0.29) is 18.7 Å². The number of aliphatic hydroxyl groups excluding tert-OH is 1. The first-order chi connectivity index (χ1) is 11.9. The lowest BCUT2D eigenvalue weighted by Crippen LogP contribution is -2.14. The molecule has 0 saturated heterocycles. The van der Waals surface area contributed by atoms with Gasteiger partial charge in [0.05, 0.1) is 20.3 Å². The number of carbonyl (C=O) groups is 1. The maximum atomic E-state index is 12.2. The van der Waals surface area contributed by atoms with Crippen LogP contribution in [0.2, 0.25) is 5.02 Å². The summed E-state index contributed by atoms with van der Waals surface area (Å²) < 4.78 is 10.4. The van der Waals surface area contributed by atoms with Crippen molar-refractivity contribution in [2.45, 2.75) is 25.9 Å². The number of anilines is 1. The molecular weight excluding hydrogens is 342 g/mol. The quantitative estimate of drug-likeness (QED) is 0.776. The van der Waals surface area contributed by atoms with Crippen LogP contribution in [-0.4, -0.2) is 25.2 Å². The third-order valence-corrected chi connectivity index (χ3v) is 4.15. The van der Waals surface area contributed by atoms with Crippen LogP contribution in [0.25, 0.3) is 0 Å². The van der Waals surface area contributed by atoms with Gasteiger partial charge < -0.3 is 19.9 Å². The van der Waals surface area contributed by atoms with Gasteiger partial charge in [0.2, 0.25) is 5.91 Å². The van der Waals surface area contributed by atoms with E-state index in [1.54, 1.807) is 37.4 Å². The summed E-state index contributed by atoms with van der Waals surface area (Å²) in [5, 5.41) is 13.8. The van der Waals surface area contributed by atoms with Gasteiger partial charge in [-0.25, -0.2) is 0 Å². The number of halogens is 1. The third kappa shape index (κ3) is 5.11. The molecule has 0 aliphatic carbocycles. The van der Waals surface area contributed by atoms with Crippen molar-refractivity contribution in [2.75, 3.05) is 19.5 Å². The van der Waals surface area contributed by atoms with Crippen molar-refractivity contribution >= 4 is 23.2 Å². The number of rotatable bonds is 7. The molecule has 6 heteroatoms. The summed E-state index contributed by atoms with van der Waals surface area (Å²) in [4.78, 5) is 12.2. The number of carbonyl (C=O) groups excluding carboxylic acids is 1. The summed E-state index contributed by atoms with van der Waals surface area (Å²) in [6, 6.07) is 10.5. The molecule has 1 atom stereocenters. The first kappa shape index (κ1) is 19.1. The van der Waals surface area contributed by atoms with Gasteiger partial charge in [0.25, 0.3) is 0 Å². The van der Waals surface area contributed by atoms with Crippen molar-refractivity contribution in [1.82, 2.24) is 0 Å². The predicted molar refractivity (Wildman–Crippen MR) is 98.6 cm³/mol. The highest BCUT2D eigenvalue weighted by Gasteiger charge is 2.16. The third-order valence-electron chi connectivity index (χ3n) is 3.92. The van der Waals surface area contributed by atoms with Crippen LogP contribution in [0, 0.1) is 6.92 Å². The van der Waals surface area contributed by atoms with Crippen LogP contribution in [0.15, 0.2) is 36.4 Å². The molecule has 0 aliphatic heterocycles. The number of nitrogens with one attached hydrogen (secondary N) is 1. The second kappa shape index (κ2) is 8.74. The number of ether oxygens (including phenoxy) is 2. The molecular formula is C19H22ClNO4.